The van der Waals surface area contributed by atoms with E-state index < -0.39 is 15.9 Å². The number of benzene rings is 2. The van der Waals surface area contributed by atoms with Crippen LogP contribution in [0.5, 0.6) is 17.2 Å². The molecule has 2 aromatic rings. The number of rotatable bonds is 8. The Morgan fingerprint density at radius 1 is 1.07 bits per heavy atom. The summed E-state index contributed by atoms with van der Waals surface area (Å²) in [4.78, 5) is 12.0. The first-order valence-electron chi connectivity index (χ1n) is 8.29. The molecule has 0 fully saturated rings. The highest BCUT2D eigenvalue weighted by atomic mass is 32.2. The molecule has 0 heterocycles. The van der Waals surface area contributed by atoms with E-state index in [0.717, 1.165) is 5.56 Å². The molecule has 0 bridgehead atoms. The van der Waals surface area contributed by atoms with Crippen LogP contribution < -0.4 is 24.7 Å². The minimum absolute atomic E-state index is 0.0951. The molecule has 0 saturated heterocycles. The van der Waals surface area contributed by atoms with Gasteiger partial charge in [-0.15, -0.1) is 0 Å². The van der Waals surface area contributed by atoms with Crippen LogP contribution in [-0.2, 0) is 14.8 Å². The predicted octanol–water partition coefficient (Wildman–Crippen LogP) is 2.40. The molecule has 0 aliphatic carbocycles. The fraction of sp³-hybridized carbons (Fsp3) is 0.211. The van der Waals surface area contributed by atoms with Crippen molar-refractivity contribution in [3.63, 3.8) is 0 Å². The first-order valence-corrected chi connectivity index (χ1v) is 9.84. The molecule has 9 heteroatoms. The van der Waals surface area contributed by atoms with E-state index >= 15 is 0 Å². The second-order valence-corrected chi connectivity index (χ2v) is 7.11. The van der Waals surface area contributed by atoms with Crippen LogP contribution in [-0.4, -0.2) is 35.2 Å². The van der Waals surface area contributed by atoms with E-state index in [-0.39, 0.29) is 16.3 Å². The van der Waals surface area contributed by atoms with Crippen molar-refractivity contribution in [1.29, 1.82) is 0 Å². The maximum Gasteiger partial charge on any atom is 0.248 e. The maximum atomic E-state index is 12.2. The van der Waals surface area contributed by atoms with Crippen molar-refractivity contribution >= 4 is 27.7 Å². The summed E-state index contributed by atoms with van der Waals surface area (Å²) in [6.07, 6.45) is 2.92. The molecule has 0 unspecified atom stereocenters. The monoisotopic (exact) mass is 406 g/mol. The van der Waals surface area contributed by atoms with Gasteiger partial charge in [0.25, 0.3) is 0 Å². The van der Waals surface area contributed by atoms with Gasteiger partial charge in [0.05, 0.1) is 20.8 Å². The van der Waals surface area contributed by atoms with Gasteiger partial charge in [-0.3, -0.25) is 4.79 Å². The van der Waals surface area contributed by atoms with E-state index in [1.165, 1.54) is 31.4 Å². The van der Waals surface area contributed by atoms with E-state index in [1.807, 2.05) is 6.92 Å². The molecule has 0 aromatic heterocycles. The number of anilines is 1. The van der Waals surface area contributed by atoms with E-state index in [0.29, 0.717) is 18.1 Å². The van der Waals surface area contributed by atoms with Gasteiger partial charge in [0.15, 0.2) is 11.5 Å². The molecule has 0 aliphatic heterocycles. The molecule has 3 N–H and O–H groups in total. The maximum absolute atomic E-state index is 12.2. The Morgan fingerprint density at radius 3 is 2.36 bits per heavy atom. The van der Waals surface area contributed by atoms with Crippen molar-refractivity contribution in [3.05, 3.63) is 48.0 Å². The molecule has 2 aromatic carbocycles. The number of carbonyl (C=O) groups is 1. The standard InChI is InChI=1S/C19H22N2O6S/c1-4-27-17-11-13(5-8-15(17)25-2)6-10-19(22)21-14-7-9-16(26-3)18(12-14)28(20,23)24/h5-12H,4H2,1-3H3,(H,21,22)(H2,20,23,24)/b10-6+. The van der Waals surface area contributed by atoms with Crippen molar-refractivity contribution in [2.24, 2.45) is 5.14 Å². The lowest BCUT2D eigenvalue weighted by Gasteiger charge is -2.10. The molecule has 0 atom stereocenters. The van der Waals surface area contributed by atoms with E-state index in [1.54, 1.807) is 31.4 Å². The van der Waals surface area contributed by atoms with Gasteiger partial charge in [0.1, 0.15) is 10.6 Å². The van der Waals surface area contributed by atoms with Crippen molar-refractivity contribution in [3.8, 4) is 17.2 Å². The molecule has 0 aliphatic rings. The molecule has 1 amide bonds. The highest BCUT2D eigenvalue weighted by molar-refractivity contribution is 7.89. The first kappa shape index (κ1) is 21.3. The van der Waals surface area contributed by atoms with Crippen LogP contribution >= 0.6 is 0 Å². The lowest BCUT2D eigenvalue weighted by atomic mass is 10.2. The second kappa shape index (κ2) is 9.25. The SMILES string of the molecule is CCOc1cc(/C=C/C(=O)Nc2ccc(OC)c(S(N)(=O)=O)c2)ccc1OC. The van der Waals surface area contributed by atoms with Crippen LogP contribution in [0.3, 0.4) is 0 Å². The van der Waals surface area contributed by atoms with Gasteiger partial charge >= 0.3 is 0 Å². The number of carbonyl (C=O) groups excluding carboxylic acids is 1. The number of amides is 1. The summed E-state index contributed by atoms with van der Waals surface area (Å²) in [6.45, 7) is 2.34. The average molecular weight is 406 g/mol. The van der Waals surface area contributed by atoms with Crippen LogP contribution in [0.4, 0.5) is 5.69 Å². The Bertz CT molecular complexity index is 986. The number of methoxy groups -OCH3 is 2. The smallest absolute Gasteiger partial charge is 0.248 e. The molecule has 0 saturated carbocycles. The largest absolute Gasteiger partial charge is 0.495 e. The normalized spacial score (nSPS) is 11.3. The van der Waals surface area contributed by atoms with Gasteiger partial charge in [-0.25, -0.2) is 13.6 Å². The Labute approximate surface area is 164 Å². The predicted molar refractivity (Wildman–Crippen MR) is 106 cm³/mol. The summed E-state index contributed by atoms with van der Waals surface area (Å²) in [5.74, 6) is 0.815. The molecule has 2 rings (SSSR count). The summed E-state index contributed by atoms with van der Waals surface area (Å²) < 4.78 is 39.0. The lowest BCUT2D eigenvalue weighted by Crippen LogP contribution is -2.15. The first-order chi connectivity index (χ1) is 13.3. The van der Waals surface area contributed by atoms with Crippen LogP contribution in [0.25, 0.3) is 6.08 Å². The topological polar surface area (TPSA) is 117 Å². The second-order valence-electron chi connectivity index (χ2n) is 5.58. The minimum Gasteiger partial charge on any atom is -0.495 e. The zero-order valence-corrected chi connectivity index (χ0v) is 16.6. The van der Waals surface area contributed by atoms with Crippen molar-refractivity contribution in [2.45, 2.75) is 11.8 Å². The summed E-state index contributed by atoms with van der Waals surface area (Å²) in [6, 6.07) is 9.43. The lowest BCUT2D eigenvalue weighted by molar-refractivity contribution is -0.111. The number of hydrogen-bond acceptors (Lipinski definition) is 6. The van der Waals surface area contributed by atoms with E-state index in [4.69, 9.17) is 19.3 Å². The number of primary sulfonamides is 1. The number of nitrogens with one attached hydrogen (secondary N) is 1. The van der Waals surface area contributed by atoms with Gasteiger partial charge < -0.3 is 19.5 Å². The Kier molecular flexibility index (Phi) is 7.02. The van der Waals surface area contributed by atoms with E-state index in [9.17, 15) is 13.2 Å². The Hall–Kier alpha value is -3.04. The summed E-state index contributed by atoms with van der Waals surface area (Å²) >= 11 is 0. The van der Waals surface area contributed by atoms with Crippen molar-refractivity contribution in [1.82, 2.24) is 0 Å². The zero-order valence-electron chi connectivity index (χ0n) is 15.8. The van der Waals surface area contributed by atoms with Gasteiger partial charge in [0.2, 0.25) is 15.9 Å². The summed E-state index contributed by atoms with van der Waals surface area (Å²) in [7, 11) is -1.12. The van der Waals surface area contributed by atoms with Crippen molar-refractivity contribution in [2.75, 3.05) is 26.1 Å². The molecule has 8 nitrogen and oxygen atoms in total. The highest BCUT2D eigenvalue weighted by Gasteiger charge is 2.16. The van der Waals surface area contributed by atoms with Gasteiger partial charge in [0, 0.05) is 11.8 Å². The third-order valence-electron chi connectivity index (χ3n) is 3.65. The summed E-state index contributed by atoms with van der Waals surface area (Å²) in [5, 5.41) is 7.75. The molecular weight excluding hydrogens is 384 g/mol. The fourth-order valence-electron chi connectivity index (χ4n) is 2.40. The van der Waals surface area contributed by atoms with Crippen molar-refractivity contribution < 1.29 is 27.4 Å². The van der Waals surface area contributed by atoms with Crippen LogP contribution in [0.15, 0.2) is 47.4 Å². The van der Waals surface area contributed by atoms with Crippen LogP contribution in [0.1, 0.15) is 12.5 Å². The Morgan fingerprint density at radius 2 is 1.75 bits per heavy atom. The Balaban J connectivity index is 2.17. The fourth-order valence-corrected chi connectivity index (χ4v) is 3.12. The van der Waals surface area contributed by atoms with Gasteiger partial charge in [-0.2, -0.15) is 0 Å². The molecule has 0 radical (unpaired) electrons. The highest BCUT2D eigenvalue weighted by Crippen LogP contribution is 2.29. The summed E-state index contributed by atoms with van der Waals surface area (Å²) in [5.41, 5.74) is 1.00. The number of ether oxygens (including phenoxy) is 3. The van der Waals surface area contributed by atoms with Gasteiger partial charge in [-0.05, 0) is 48.9 Å². The number of sulfonamides is 1. The van der Waals surface area contributed by atoms with Crippen LogP contribution in [0.2, 0.25) is 0 Å². The number of hydrogen-bond donors (Lipinski definition) is 2. The molecular formula is C19H22N2O6S. The molecule has 28 heavy (non-hydrogen) atoms. The zero-order chi connectivity index (χ0) is 20.7. The number of nitrogens with two attached hydrogens (primary N) is 1. The van der Waals surface area contributed by atoms with Crippen LogP contribution in [0, 0.1) is 0 Å². The van der Waals surface area contributed by atoms with Gasteiger partial charge in [-0.1, -0.05) is 6.07 Å². The quantitative estimate of drug-likeness (QED) is 0.650. The van der Waals surface area contributed by atoms with E-state index in [2.05, 4.69) is 5.32 Å². The third kappa shape index (κ3) is 5.48. The minimum atomic E-state index is -4.00. The average Bonchev–Trinajstić information content (AvgIpc) is 2.66. The molecule has 150 valence electrons. The molecule has 0 spiro atoms. The third-order valence-corrected chi connectivity index (χ3v) is 4.58.